The molecule has 2 aromatic carbocycles. The first kappa shape index (κ1) is 24.5. The number of carbonyl (C=O) groups excluding carboxylic acids is 1. The fraction of sp³-hybridized carbons (Fsp3) is 0.333. The Hall–Kier alpha value is -2.10. The number of rotatable bonds is 12. The molecule has 0 bridgehead atoms. The van der Waals surface area contributed by atoms with Crippen LogP contribution in [-0.4, -0.2) is 38.4 Å². The third-order valence-corrected chi connectivity index (χ3v) is 6.32. The number of allylic oxidation sites excluding steroid dienone is 1. The summed E-state index contributed by atoms with van der Waals surface area (Å²) in [5, 5.41) is 15.7. The van der Waals surface area contributed by atoms with E-state index in [0.29, 0.717) is 29.6 Å². The highest BCUT2D eigenvalue weighted by atomic mass is 127. The molecular weight excluding hydrogens is 539 g/mol. The molecule has 32 heavy (non-hydrogen) atoms. The Morgan fingerprint density at radius 1 is 1.22 bits per heavy atom. The number of carbonyl (C=O) groups is 1. The Kier molecular flexibility index (Phi) is 8.95. The van der Waals surface area contributed by atoms with E-state index in [1.165, 1.54) is 15.3 Å². The molecule has 5 N–H and O–H groups in total. The van der Waals surface area contributed by atoms with Crippen molar-refractivity contribution < 1.29 is 14.9 Å². The number of likely N-dealkylation sites (N-methyl/N-ethyl adjacent to an activating group) is 1. The van der Waals surface area contributed by atoms with E-state index >= 15 is 0 Å². The fourth-order valence-corrected chi connectivity index (χ4v) is 3.93. The second kappa shape index (κ2) is 11.7. The summed E-state index contributed by atoms with van der Waals surface area (Å²) in [7, 11) is 0. The molecule has 0 aromatic heterocycles. The van der Waals surface area contributed by atoms with Crippen molar-refractivity contribution in [3.8, 4) is 0 Å². The highest BCUT2D eigenvalue weighted by Crippen LogP contribution is 2.48. The summed E-state index contributed by atoms with van der Waals surface area (Å²) in [6.07, 6.45) is 3.42. The molecule has 1 fully saturated rings. The van der Waals surface area contributed by atoms with Gasteiger partial charge in [-0.3, -0.25) is 10.2 Å². The highest BCUT2D eigenvalue weighted by Gasteiger charge is 2.45. The summed E-state index contributed by atoms with van der Waals surface area (Å²) in [5.41, 5.74) is 2.20. The van der Waals surface area contributed by atoms with Crippen molar-refractivity contribution >= 4 is 52.0 Å². The van der Waals surface area contributed by atoms with E-state index in [0.717, 1.165) is 25.9 Å². The van der Waals surface area contributed by atoms with Gasteiger partial charge in [-0.25, -0.2) is 0 Å². The maximum atomic E-state index is 13.2. The molecule has 0 saturated heterocycles. The molecule has 0 atom stereocenters. The van der Waals surface area contributed by atoms with Crippen molar-refractivity contribution in [2.24, 2.45) is 0 Å². The highest BCUT2D eigenvalue weighted by molar-refractivity contribution is 14.1. The molecule has 6 nitrogen and oxygen atoms in total. The van der Waals surface area contributed by atoms with Crippen molar-refractivity contribution in [2.75, 3.05) is 31.6 Å². The van der Waals surface area contributed by atoms with Gasteiger partial charge in [-0.2, -0.15) is 0 Å². The minimum absolute atomic E-state index is 0.0740. The summed E-state index contributed by atoms with van der Waals surface area (Å²) in [4.78, 5) is 13.2. The molecule has 0 radical (unpaired) electrons. The van der Waals surface area contributed by atoms with Gasteiger partial charge in [0.15, 0.2) is 6.21 Å². The topological polar surface area (TPSA) is 88.0 Å². The minimum Gasteiger partial charge on any atom is -0.485 e. The normalized spacial score (nSPS) is 14.8. The van der Waals surface area contributed by atoms with E-state index in [1.54, 1.807) is 24.3 Å². The summed E-state index contributed by atoms with van der Waals surface area (Å²) < 4.78 is 7.36. The molecule has 8 heteroatoms. The molecule has 170 valence electrons. The molecule has 2 aromatic rings. The Bertz CT molecular complexity index is 974. The van der Waals surface area contributed by atoms with Gasteiger partial charge in [0.05, 0.1) is 6.61 Å². The number of ether oxygens (including phenoxy) is 1. The average Bonchev–Trinajstić information content (AvgIpc) is 3.56. The Morgan fingerprint density at radius 2 is 1.97 bits per heavy atom. The summed E-state index contributed by atoms with van der Waals surface area (Å²) in [6, 6.07) is 15.5. The summed E-state index contributed by atoms with van der Waals surface area (Å²) in [6.45, 7) is 4.65. The zero-order valence-electron chi connectivity index (χ0n) is 18.1. The Labute approximate surface area is 207 Å². The van der Waals surface area contributed by atoms with E-state index in [4.69, 9.17) is 21.7 Å². The monoisotopic (exact) mass is 567 g/mol. The van der Waals surface area contributed by atoms with Crippen molar-refractivity contribution in [1.29, 1.82) is 0 Å². The van der Waals surface area contributed by atoms with Crippen LogP contribution in [0.4, 0.5) is 5.69 Å². The second-order valence-electron chi connectivity index (χ2n) is 7.73. The molecule has 1 aliphatic rings. The van der Waals surface area contributed by atoms with Crippen LogP contribution in [0.25, 0.3) is 0 Å². The number of hydrogen-bond acceptors (Lipinski definition) is 4. The van der Waals surface area contributed by atoms with E-state index in [-0.39, 0.29) is 17.1 Å². The lowest BCUT2D eigenvalue weighted by atomic mass is 9.97. The largest absolute Gasteiger partial charge is 0.485 e. The van der Waals surface area contributed by atoms with Gasteiger partial charge in [-0.05, 0) is 77.9 Å². The van der Waals surface area contributed by atoms with Gasteiger partial charge in [-0.15, -0.1) is 0 Å². The van der Waals surface area contributed by atoms with Crippen LogP contribution in [0.2, 0.25) is 5.02 Å². The third kappa shape index (κ3) is 6.70. The molecule has 1 amide bonds. The van der Waals surface area contributed by atoms with Gasteiger partial charge >= 0.3 is 0 Å². The van der Waals surface area contributed by atoms with Crippen molar-refractivity contribution in [2.45, 2.75) is 25.2 Å². The van der Waals surface area contributed by atoms with Crippen molar-refractivity contribution in [1.82, 2.24) is 10.6 Å². The number of nitrogens with two attached hydrogens (primary N) is 1. The standard InChI is InChI=1S/C24H28ClIN4O2/c1-2-28-12-13-29-21(15-27)22(23(31)30-20-5-3-4-18(25)14-20)32-16-24(10-11-24)17-6-8-19(26)9-7-17/h3-9,14-15,27-29H,2,10-13,16H2,1H3,(H,30,31)/p+1/b22-21-,27-15?. The Morgan fingerprint density at radius 3 is 2.59 bits per heavy atom. The first-order valence-electron chi connectivity index (χ1n) is 10.7. The van der Waals surface area contributed by atoms with E-state index < -0.39 is 0 Å². The van der Waals surface area contributed by atoms with Crippen LogP contribution in [0, 0.1) is 3.57 Å². The van der Waals surface area contributed by atoms with Crippen LogP contribution < -0.4 is 21.4 Å². The lowest BCUT2D eigenvalue weighted by molar-refractivity contribution is -0.117. The van der Waals surface area contributed by atoms with Crippen LogP contribution >= 0.6 is 34.2 Å². The predicted octanol–water partition coefficient (Wildman–Crippen LogP) is 2.87. The number of halogens is 2. The molecule has 0 heterocycles. The van der Waals surface area contributed by atoms with Crippen LogP contribution in [0.15, 0.2) is 60.0 Å². The molecular formula is C24H29ClIN4O2+. The number of anilines is 1. The van der Waals surface area contributed by atoms with E-state index in [2.05, 4.69) is 62.8 Å². The van der Waals surface area contributed by atoms with Crippen LogP contribution in [0.1, 0.15) is 25.3 Å². The number of nitrogens with one attached hydrogen (secondary N) is 3. The minimum atomic E-state index is -0.377. The summed E-state index contributed by atoms with van der Waals surface area (Å²) in [5.74, 6) is -0.209. The van der Waals surface area contributed by atoms with Crippen molar-refractivity contribution in [3.05, 3.63) is 74.1 Å². The lowest BCUT2D eigenvalue weighted by Crippen LogP contribution is -2.39. The van der Waals surface area contributed by atoms with Crippen LogP contribution in [0.3, 0.4) is 0 Å². The predicted molar refractivity (Wildman–Crippen MR) is 138 cm³/mol. The smallest absolute Gasteiger partial charge is 0.293 e. The zero-order valence-corrected chi connectivity index (χ0v) is 21.0. The SMILES string of the molecule is CCNCCN/C(C=[NH2+])=C(\OCC1(c2ccc(I)cc2)CC1)C(=O)Nc1cccc(Cl)c1. The van der Waals surface area contributed by atoms with E-state index in [1.807, 2.05) is 6.92 Å². The van der Waals surface area contributed by atoms with Gasteiger partial charge in [-0.1, -0.05) is 36.7 Å². The first-order chi connectivity index (χ1) is 15.5. The van der Waals surface area contributed by atoms with Crippen LogP contribution in [-0.2, 0) is 14.9 Å². The van der Waals surface area contributed by atoms with E-state index in [9.17, 15) is 4.79 Å². The molecule has 0 aliphatic heterocycles. The Balaban J connectivity index is 1.79. The lowest BCUT2D eigenvalue weighted by Gasteiger charge is -2.20. The van der Waals surface area contributed by atoms with Gasteiger partial charge in [0, 0.05) is 32.8 Å². The molecule has 3 rings (SSSR count). The van der Waals surface area contributed by atoms with Gasteiger partial charge in [0.2, 0.25) is 5.76 Å². The second-order valence-corrected chi connectivity index (χ2v) is 9.41. The fourth-order valence-electron chi connectivity index (χ4n) is 3.38. The first-order valence-corrected chi connectivity index (χ1v) is 12.1. The number of benzene rings is 2. The maximum Gasteiger partial charge on any atom is 0.293 e. The number of amides is 1. The van der Waals surface area contributed by atoms with Gasteiger partial charge in [0.1, 0.15) is 5.70 Å². The van der Waals surface area contributed by atoms with Crippen molar-refractivity contribution in [3.63, 3.8) is 0 Å². The zero-order chi connectivity index (χ0) is 23.0. The quantitative estimate of drug-likeness (QED) is 0.104. The van der Waals surface area contributed by atoms with Crippen LogP contribution in [0.5, 0.6) is 0 Å². The molecule has 1 aliphatic carbocycles. The summed E-state index contributed by atoms with van der Waals surface area (Å²) >= 11 is 8.36. The van der Waals surface area contributed by atoms with Gasteiger partial charge < -0.3 is 20.7 Å². The third-order valence-electron chi connectivity index (χ3n) is 5.37. The van der Waals surface area contributed by atoms with Gasteiger partial charge in [0.25, 0.3) is 5.91 Å². The average molecular weight is 568 g/mol. The molecule has 0 unspecified atom stereocenters. The molecule has 0 spiro atoms. The number of hydrogen-bond donors (Lipinski definition) is 4. The maximum absolute atomic E-state index is 13.2. The molecule has 1 saturated carbocycles.